The van der Waals surface area contributed by atoms with Gasteiger partial charge in [-0.05, 0) is 30.7 Å². The molecule has 4 rings (SSSR count). The Hall–Kier alpha value is -3.72. The minimum absolute atomic E-state index is 0.0152. The van der Waals surface area contributed by atoms with Gasteiger partial charge in [0, 0.05) is 45.5 Å². The quantitative estimate of drug-likeness (QED) is 0.344. The van der Waals surface area contributed by atoms with Crippen molar-refractivity contribution in [1.82, 2.24) is 40.6 Å². The number of hydrogen-bond donors (Lipinski definition) is 2. The van der Waals surface area contributed by atoms with E-state index in [1.54, 1.807) is 44.0 Å². The van der Waals surface area contributed by atoms with E-state index in [4.69, 9.17) is 37.4 Å². The lowest BCUT2D eigenvalue weighted by Gasteiger charge is -2.34. The molecule has 1 saturated heterocycles. The van der Waals surface area contributed by atoms with Crippen LogP contribution in [0.25, 0.3) is 0 Å². The summed E-state index contributed by atoms with van der Waals surface area (Å²) in [6.45, 7) is 7.52. The predicted molar refractivity (Wildman–Crippen MR) is 161 cm³/mol. The van der Waals surface area contributed by atoms with Gasteiger partial charge in [0.05, 0.1) is 59.7 Å². The number of allylic oxidation sites excluding steroid dienone is 1. The van der Waals surface area contributed by atoms with Crippen molar-refractivity contribution in [1.29, 1.82) is 0 Å². The molecule has 2 aromatic rings. The smallest absolute Gasteiger partial charge is 0.336 e. The third-order valence-corrected chi connectivity index (χ3v) is 8.13. The van der Waals surface area contributed by atoms with Gasteiger partial charge in [0.2, 0.25) is 0 Å². The summed E-state index contributed by atoms with van der Waals surface area (Å²) in [5.41, 5.74) is 1.64. The van der Waals surface area contributed by atoms with Crippen LogP contribution in [0.4, 0.5) is 4.79 Å². The topological polar surface area (TPSA) is 153 Å². The maximum atomic E-state index is 13.4. The SMILES string of the molecule is CCOC(=O)C1=C(COCc2nnn(CCN3CCN(C(=O)NC)CC3)n2)NC(C)=C(C(=O)OC)C1c1cccc(Cl)c1Cl. The lowest BCUT2D eigenvalue weighted by Crippen LogP contribution is -2.51. The van der Waals surface area contributed by atoms with Crippen LogP contribution in [0.2, 0.25) is 10.0 Å². The van der Waals surface area contributed by atoms with E-state index >= 15 is 0 Å². The predicted octanol–water partition coefficient (Wildman–Crippen LogP) is 2.10. The summed E-state index contributed by atoms with van der Waals surface area (Å²) in [5, 5.41) is 18.8. The summed E-state index contributed by atoms with van der Waals surface area (Å²) < 4.78 is 16.4. The standard InChI is InChI=1S/C28H36Cl2N8O6/c1-5-44-27(40)24-20(32-17(2)22(26(39)42-4)23(24)18-7-6-8-19(29)25(18)30)15-43-16-21-33-35-38(34-21)14-11-36-9-12-37(13-10-36)28(41)31-3/h6-8,23,32H,5,9-16H2,1-4H3,(H,31,41). The molecule has 0 radical (unpaired) electrons. The molecule has 2 aliphatic rings. The molecule has 3 heterocycles. The van der Waals surface area contributed by atoms with Crippen molar-refractivity contribution in [3.63, 3.8) is 0 Å². The Morgan fingerprint density at radius 1 is 1.07 bits per heavy atom. The summed E-state index contributed by atoms with van der Waals surface area (Å²) in [6, 6.07) is 4.94. The number of carbonyl (C=O) groups is 3. The number of esters is 2. The summed E-state index contributed by atoms with van der Waals surface area (Å²) in [7, 11) is 2.89. The van der Waals surface area contributed by atoms with Crippen molar-refractivity contribution in [2.75, 3.05) is 60.1 Å². The van der Waals surface area contributed by atoms with Crippen molar-refractivity contribution < 1.29 is 28.6 Å². The maximum Gasteiger partial charge on any atom is 0.336 e. The molecule has 2 aliphatic heterocycles. The van der Waals surface area contributed by atoms with E-state index in [0.717, 1.165) is 13.1 Å². The van der Waals surface area contributed by atoms with E-state index < -0.39 is 17.9 Å². The first-order chi connectivity index (χ1) is 21.2. The fourth-order valence-corrected chi connectivity index (χ4v) is 5.55. The molecule has 1 aromatic carbocycles. The number of dihydropyridines is 1. The Balaban J connectivity index is 1.47. The van der Waals surface area contributed by atoms with Crippen molar-refractivity contribution in [2.24, 2.45) is 0 Å². The highest BCUT2D eigenvalue weighted by Gasteiger charge is 2.40. The number of benzene rings is 1. The molecule has 44 heavy (non-hydrogen) atoms. The third-order valence-electron chi connectivity index (χ3n) is 7.30. The van der Waals surface area contributed by atoms with Crippen LogP contribution in [0, 0.1) is 0 Å². The Bertz CT molecular complexity index is 1440. The van der Waals surface area contributed by atoms with E-state index in [1.807, 2.05) is 0 Å². The number of halogens is 2. The van der Waals surface area contributed by atoms with E-state index in [0.29, 0.717) is 49.0 Å². The lowest BCUT2D eigenvalue weighted by molar-refractivity contribution is -0.139. The normalized spacial score (nSPS) is 17.4. The van der Waals surface area contributed by atoms with Gasteiger partial charge >= 0.3 is 18.0 Å². The lowest BCUT2D eigenvalue weighted by atomic mass is 9.80. The second-order valence-electron chi connectivity index (χ2n) is 10.0. The molecule has 16 heteroatoms. The van der Waals surface area contributed by atoms with Gasteiger partial charge in [0.1, 0.15) is 6.61 Å². The van der Waals surface area contributed by atoms with Crippen LogP contribution >= 0.6 is 23.2 Å². The first-order valence-electron chi connectivity index (χ1n) is 14.1. The minimum atomic E-state index is -0.926. The van der Waals surface area contributed by atoms with Crippen LogP contribution in [-0.4, -0.2) is 108 Å². The fraction of sp³-hybridized carbons (Fsp3) is 0.500. The second kappa shape index (κ2) is 15.3. The van der Waals surface area contributed by atoms with Crippen LogP contribution in [0.3, 0.4) is 0 Å². The first kappa shape index (κ1) is 33.2. The Kier molecular flexibility index (Phi) is 11.6. The van der Waals surface area contributed by atoms with Gasteiger partial charge in [-0.3, -0.25) is 4.90 Å². The summed E-state index contributed by atoms with van der Waals surface area (Å²) in [6.07, 6.45) is 0. The number of nitrogens with one attached hydrogen (secondary N) is 2. The number of urea groups is 1. The Morgan fingerprint density at radius 2 is 1.82 bits per heavy atom. The van der Waals surface area contributed by atoms with Crippen LogP contribution in [0.15, 0.2) is 40.7 Å². The third kappa shape index (κ3) is 7.67. The van der Waals surface area contributed by atoms with E-state index in [9.17, 15) is 14.4 Å². The van der Waals surface area contributed by atoms with Gasteiger partial charge in [-0.2, -0.15) is 4.80 Å². The highest BCUT2D eigenvalue weighted by Crippen LogP contribution is 2.43. The van der Waals surface area contributed by atoms with Gasteiger partial charge in [-0.15, -0.1) is 10.2 Å². The van der Waals surface area contributed by atoms with Crippen molar-refractivity contribution in [3.8, 4) is 0 Å². The average Bonchev–Trinajstić information content (AvgIpc) is 3.48. The Morgan fingerprint density at radius 3 is 2.50 bits per heavy atom. The summed E-state index contributed by atoms with van der Waals surface area (Å²) >= 11 is 12.9. The van der Waals surface area contributed by atoms with Gasteiger partial charge in [-0.1, -0.05) is 35.3 Å². The van der Waals surface area contributed by atoms with E-state index in [-0.39, 0.29) is 47.0 Å². The summed E-state index contributed by atoms with van der Waals surface area (Å²) in [4.78, 5) is 43.6. The largest absolute Gasteiger partial charge is 0.466 e. The molecule has 2 amide bonds. The van der Waals surface area contributed by atoms with Crippen LogP contribution in [-0.2, 0) is 37.0 Å². The number of hydrogen-bond acceptors (Lipinski definition) is 11. The van der Waals surface area contributed by atoms with Gasteiger partial charge in [-0.25, -0.2) is 14.4 Å². The van der Waals surface area contributed by atoms with Crippen LogP contribution in [0.5, 0.6) is 0 Å². The van der Waals surface area contributed by atoms with E-state index in [2.05, 4.69) is 30.9 Å². The molecule has 0 saturated carbocycles. The highest BCUT2D eigenvalue weighted by molar-refractivity contribution is 6.42. The number of tetrazole rings is 1. The van der Waals surface area contributed by atoms with Crippen LogP contribution < -0.4 is 10.6 Å². The molecule has 14 nitrogen and oxygen atoms in total. The molecule has 1 fully saturated rings. The molecular weight excluding hydrogens is 615 g/mol. The monoisotopic (exact) mass is 650 g/mol. The minimum Gasteiger partial charge on any atom is -0.466 e. The zero-order valence-electron chi connectivity index (χ0n) is 25.1. The number of methoxy groups -OCH3 is 1. The molecular formula is C28H36Cl2N8O6. The molecule has 2 N–H and O–H groups in total. The van der Waals surface area contributed by atoms with Crippen molar-refractivity contribution in [3.05, 3.63) is 62.2 Å². The highest BCUT2D eigenvalue weighted by atomic mass is 35.5. The van der Waals surface area contributed by atoms with Gasteiger partial charge in [0.25, 0.3) is 0 Å². The van der Waals surface area contributed by atoms with Crippen LogP contribution in [0.1, 0.15) is 31.2 Å². The molecule has 0 spiro atoms. The van der Waals surface area contributed by atoms with Crippen molar-refractivity contribution >= 4 is 41.2 Å². The van der Waals surface area contributed by atoms with Gasteiger partial charge < -0.3 is 29.7 Å². The van der Waals surface area contributed by atoms with Gasteiger partial charge in [0.15, 0.2) is 5.82 Å². The number of aromatic nitrogens is 4. The zero-order valence-corrected chi connectivity index (χ0v) is 26.6. The second-order valence-corrected chi connectivity index (χ2v) is 10.8. The molecule has 1 atom stereocenters. The molecule has 1 unspecified atom stereocenters. The number of ether oxygens (including phenoxy) is 3. The first-order valence-corrected chi connectivity index (χ1v) is 14.9. The number of piperazine rings is 1. The zero-order chi connectivity index (χ0) is 31.8. The number of nitrogens with zero attached hydrogens (tertiary/aromatic N) is 6. The molecule has 238 valence electrons. The number of rotatable bonds is 11. The van der Waals surface area contributed by atoms with Crippen molar-refractivity contribution in [2.45, 2.75) is 32.9 Å². The molecule has 0 bridgehead atoms. The Labute approximate surface area is 265 Å². The van der Waals surface area contributed by atoms with E-state index in [1.165, 1.54) is 11.9 Å². The average molecular weight is 652 g/mol. The fourth-order valence-electron chi connectivity index (χ4n) is 5.13. The maximum absolute atomic E-state index is 13.4. The number of amides is 2. The molecule has 0 aliphatic carbocycles. The molecule has 1 aromatic heterocycles. The number of carbonyl (C=O) groups excluding carboxylic acids is 3. The summed E-state index contributed by atoms with van der Waals surface area (Å²) in [5.74, 6) is -1.84.